The van der Waals surface area contributed by atoms with Crippen molar-refractivity contribution in [2.45, 2.75) is 57.8 Å². The van der Waals surface area contributed by atoms with E-state index in [1.165, 1.54) is 18.6 Å². The molecule has 0 spiro atoms. The lowest BCUT2D eigenvalue weighted by atomic mass is 10.0. The van der Waals surface area contributed by atoms with Crippen LogP contribution in [0.4, 0.5) is 17.6 Å². The summed E-state index contributed by atoms with van der Waals surface area (Å²) in [7, 11) is 0. The molecule has 0 radical (unpaired) electrons. The summed E-state index contributed by atoms with van der Waals surface area (Å²) in [4.78, 5) is 0. The minimum atomic E-state index is -4.51. The Bertz CT molecular complexity index is 668. The Hall–Kier alpha value is -1.42. The number of rotatable bonds is 9. The van der Waals surface area contributed by atoms with Gasteiger partial charge >= 0.3 is 6.18 Å². The molecule has 31 heavy (non-hydrogen) atoms. The van der Waals surface area contributed by atoms with Gasteiger partial charge in [-0.15, -0.1) is 0 Å². The number of benzene rings is 1. The Kier molecular flexibility index (Phi) is 8.95. The van der Waals surface area contributed by atoms with Gasteiger partial charge in [0.2, 0.25) is 0 Å². The van der Waals surface area contributed by atoms with Crippen molar-refractivity contribution in [3.63, 3.8) is 0 Å². The third-order valence-electron chi connectivity index (χ3n) is 5.39. The van der Waals surface area contributed by atoms with Gasteiger partial charge in [-0.05, 0) is 30.5 Å². The minimum absolute atomic E-state index is 0.00545. The highest BCUT2D eigenvalue weighted by molar-refractivity contribution is 5.29. The second kappa shape index (κ2) is 11.4. The molecule has 2 heterocycles. The van der Waals surface area contributed by atoms with Gasteiger partial charge in [-0.2, -0.15) is 13.2 Å². The summed E-state index contributed by atoms with van der Waals surface area (Å²) in [5, 5.41) is 0. The van der Waals surface area contributed by atoms with Gasteiger partial charge in [0.05, 0.1) is 32.3 Å². The van der Waals surface area contributed by atoms with E-state index in [-0.39, 0.29) is 12.2 Å². The summed E-state index contributed by atoms with van der Waals surface area (Å²) >= 11 is 0. The van der Waals surface area contributed by atoms with Crippen LogP contribution in [0, 0.1) is 17.7 Å². The zero-order chi connectivity index (χ0) is 22.3. The van der Waals surface area contributed by atoms with Crippen molar-refractivity contribution in [2.75, 3.05) is 33.0 Å². The molecule has 5 nitrogen and oxygen atoms in total. The van der Waals surface area contributed by atoms with Crippen molar-refractivity contribution in [1.82, 2.24) is 0 Å². The van der Waals surface area contributed by atoms with Crippen molar-refractivity contribution in [2.24, 2.45) is 11.8 Å². The summed E-state index contributed by atoms with van der Waals surface area (Å²) in [6, 6.07) is 3.93. The molecule has 0 aromatic heterocycles. The molecule has 2 fully saturated rings. The molecule has 0 aliphatic carbocycles. The monoisotopic (exact) mass is 450 g/mol. The van der Waals surface area contributed by atoms with Gasteiger partial charge in [0.15, 0.2) is 30.8 Å². The van der Waals surface area contributed by atoms with E-state index in [4.69, 9.17) is 18.9 Å². The molecule has 0 saturated carbocycles. The topological polar surface area (TPSA) is 46.2 Å². The van der Waals surface area contributed by atoms with Gasteiger partial charge < -0.3 is 23.7 Å². The fourth-order valence-electron chi connectivity index (χ4n) is 3.63. The first-order valence-electron chi connectivity index (χ1n) is 10.8. The van der Waals surface area contributed by atoms with E-state index in [0.29, 0.717) is 50.8 Å². The molecule has 0 atom stereocenters. The van der Waals surface area contributed by atoms with Gasteiger partial charge in [0.25, 0.3) is 0 Å². The van der Waals surface area contributed by atoms with Crippen molar-refractivity contribution in [1.29, 1.82) is 0 Å². The molecule has 1 aromatic rings. The number of aryl methyl sites for hydroxylation is 1. The molecule has 0 unspecified atom stereocenters. The van der Waals surface area contributed by atoms with Crippen molar-refractivity contribution >= 4 is 0 Å². The molecular weight excluding hydrogens is 420 g/mol. The summed E-state index contributed by atoms with van der Waals surface area (Å²) < 4.78 is 78.2. The number of hydrogen-bond donors (Lipinski definition) is 0. The van der Waals surface area contributed by atoms with E-state index in [1.807, 2.05) is 0 Å². The largest absolute Gasteiger partial charge is 0.481 e. The highest BCUT2D eigenvalue weighted by Gasteiger charge is 2.33. The van der Waals surface area contributed by atoms with Crippen molar-refractivity contribution in [3.8, 4) is 5.75 Å². The van der Waals surface area contributed by atoms with Crippen LogP contribution in [0.25, 0.3) is 0 Å². The van der Waals surface area contributed by atoms with Gasteiger partial charge in [0.1, 0.15) is 0 Å². The molecule has 9 heteroatoms. The average Bonchev–Trinajstić information content (AvgIpc) is 2.76. The fourth-order valence-corrected chi connectivity index (χ4v) is 3.63. The third kappa shape index (κ3) is 7.89. The van der Waals surface area contributed by atoms with Crippen LogP contribution in [-0.4, -0.2) is 51.8 Å². The van der Waals surface area contributed by atoms with E-state index in [0.717, 1.165) is 12.8 Å². The Morgan fingerprint density at radius 2 is 1.71 bits per heavy atom. The maximum Gasteiger partial charge on any atom is 0.422 e. The first-order chi connectivity index (χ1) is 14.8. The maximum absolute atomic E-state index is 14.0. The number of hydrogen-bond acceptors (Lipinski definition) is 5. The van der Waals surface area contributed by atoms with Crippen LogP contribution in [0.2, 0.25) is 0 Å². The first-order valence-corrected chi connectivity index (χ1v) is 10.8. The summed E-state index contributed by atoms with van der Waals surface area (Å²) in [5.74, 6) is -0.791. The Labute approximate surface area is 179 Å². The molecule has 2 saturated heterocycles. The van der Waals surface area contributed by atoms with Crippen LogP contribution in [0.3, 0.4) is 0 Å². The predicted molar refractivity (Wildman–Crippen MR) is 104 cm³/mol. The van der Waals surface area contributed by atoms with Gasteiger partial charge in [-0.1, -0.05) is 25.8 Å². The molecule has 0 N–H and O–H groups in total. The minimum Gasteiger partial charge on any atom is -0.481 e. The number of alkyl halides is 3. The zero-order valence-corrected chi connectivity index (χ0v) is 17.7. The van der Waals surface area contributed by atoms with Gasteiger partial charge in [-0.3, -0.25) is 0 Å². The van der Waals surface area contributed by atoms with Crippen LogP contribution in [0.1, 0.15) is 38.2 Å². The second-order valence-corrected chi connectivity index (χ2v) is 8.11. The van der Waals surface area contributed by atoms with Crippen LogP contribution in [0.15, 0.2) is 18.2 Å². The highest BCUT2D eigenvalue weighted by Crippen LogP contribution is 2.27. The number of ether oxygens (including phenoxy) is 5. The summed E-state index contributed by atoms with van der Waals surface area (Å²) in [6.45, 7) is 2.93. The lowest BCUT2D eigenvalue weighted by molar-refractivity contribution is -0.281. The molecular formula is C22H30F4O5. The molecule has 2 aliphatic rings. The zero-order valence-electron chi connectivity index (χ0n) is 17.7. The van der Waals surface area contributed by atoms with E-state index in [1.54, 1.807) is 6.07 Å². The van der Waals surface area contributed by atoms with E-state index < -0.39 is 30.6 Å². The third-order valence-corrected chi connectivity index (χ3v) is 5.39. The molecule has 3 rings (SSSR count). The molecule has 2 aliphatic heterocycles. The number of unbranched alkanes of at least 4 members (excludes halogenated alkanes) is 1. The quantitative estimate of drug-likeness (QED) is 0.503. The van der Waals surface area contributed by atoms with Crippen molar-refractivity contribution in [3.05, 3.63) is 29.6 Å². The van der Waals surface area contributed by atoms with Crippen LogP contribution >= 0.6 is 0 Å². The SMILES string of the molecule is CCCC[C@H]1CO[C@H]([C@H]2CO[C@H](CCc3ccc(OCC(F)(F)F)c(F)c3)OC2)OC1. The standard InChI is InChI=1S/C22H30F4O5/c1-2-3-4-16-10-29-21(30-11-16)17-12-27-20(28-13-17)8-6-15-5-7-19(18(23)9-15)31-14-22(24,25)26/h5,7,9,16-17,20-21H,2-4,6,8,10-14H2,1H3/t16-,17-,20-,21-. The normalized spacial score (nSPS) is 27.3. The van der Waals surface area contributed by atoms with E-state index in [2.05, 4.69) is 11.7 Å². The van der Waals surface area contributed by atoms with Crippen LogP contribution in [0.5, 0.6) is 5.75 Å². The smallest absolute Gasteiger partial charge is 0.422 e. The summed E-state index contributed by atoms with van der Waals surface area (Å²) in [6.07, 6.45) is -0.858. The maximum atomic E-state index is 14.0. The average molecular weight is 450 g/mol. The lowest BCUT2D eigenvalue weighted by Crippen LogP contribution is -2.44. The molecule has 1 aromatic carbocycles. The van der Waals surface area contributed by atoms with E-state index in [9.17, 15) is 17.6 Å². The molecule has 0 bridgehead atoms. The van der Waals surface area contributed by atoms with Crippen LogP contribution in [-0.2, 0) is 25.4 Å². The van der Waals surface area contributed by atoms with Crippen LogP contribution < -0.4 is 4.74 Å². The first kappa shape index (κ1) is 24.2. The fraction of sp³-hybridized carbons (Fsp3) is 0.727. The Morgan fingerprint density at radius 1 is 1.00 bits per heavy atom. The Morgan fingerprint density at radius 3 is 2.32 bits per heavy atom. The molecule has 176 valence electrons. The number of halogens is 4. The lowest BCUT2D eigenvalue weighted by Gasteiger charge is -2.37. The second-order valence-electron chi connectivity index (χ2n) is 8.11. The van der Waals surface area contributed by atoms with E-state index >= 15 is 0 Å². The van der Waals surface area contributed by atoms with Gasteiger partial charge in [-0.25, -0.2) is 4.39 Å². The van der Waals surface area contributed by atoms with Gasteiger partial charge in [0, 0.05) is 12.3 Å². The summed E-state index contributed by atoms with van der Waals surface area (Å²) in [5.41, 5.74) is 0.628. The predicted octanol–water partition coefficient (Wildman–Crippen LogP) is 4.87. The highest BCUT2D eigenvalue weighted by atomic mass is 19.4. The molecule has 0 amide bonds. The van der Waals surface area contributed by atoms with Crippen molar-refractivity contribution < 1.29 is 41.2 Å². The Balaban J connectivity index is 1.36.